The maximum atomic E-state index is 11.7. The molecule has 1 aromatic rings. The summed E-state index contributed by atoms with van der Waals surface area (Å²) in [4.78, 5) is 23.1. The van der Waals surface area contributed by atoms with Crippen LogP contribution in [0.3, 0.4) is 0 Å². The fourth-order valence-electron chi connectivity index (χ4n) is 1.72. The lowest BCUT2D eigenvalue weighted by atomic mass is 10.1. The second kappa shape index (κ2) is 8.32. The van der Waals surface area contributed by atoms with Gasteiger partial charge in [0.25, 0.3) is 0 Å². The molecule has 0 heterocycles. The van der Waals surface area contributed by atoms with Gasteiger partial charge in [0.15, 0.2) is 5.75 Å². The maximum Gasteiger partial charge on any atom is 0.338 e. The molecule has 0 unspecified atom stereocenters. The number of nitrogens with zero attached hydrogens (tertiary/aromatic N) is 1. The molecule has 0 aromatic heterocycles. The van der Waals surface area contributed by atoms with Crippen LogP contribution < -0.4 is 15.4 Å². The van der Waals surface area contributed by atoms with Crippen molar-refractivity contribution >= 4 is 23.3 Å². The molecule has 0 aliphatic carbocycles. The number of nitriles is 1. The zero-order valence-corrected chi connectivity index (χ0v) is 12.6. The highest BCUT2D eigenvalue weighted by molar-refractivity contribution is 5.98. The average Bonchev–Trinajstić information content (AvgIpc) is 2.48. The third-order valence-corrected chi connectivity index (χ3v) is 2.51. The van der Waals surface area contributed by atoms with Crippen LogP contribution in [0.25, 0.3) is 0 Å². The molecule has 0 saturated heterocycles. The molecule has 2 N–H and O–H groups in total. The van der Waals surface area contributed by atoms with Crippen molar-refractivity contribution in [2.45, 2.75) is 13.8 Å². The van der Waals surface area contributed by atoms with E-state index in [0.717, 1.165) is 0 Å². The molecule has 0 aliphatic heterocycles. The number of benzene rings is 1. The molecule has 1 rings (SSSR count). The normalized spacial score (nSPS) is 9.91. The van der Waals surface area contributed by atoms with E-state index in [2.05, 4.69) is 15.4 Å². The summed E-state index contributed by atoms with van der Waals surface area (Å²) in [5.74, 6) is -0.489. The Balaban J connectivity index is 3.39. The highest BCUT2D eigenvalue weighted by Crippen LogP contribution is 2.35. The fourth-order valence-corrected chi connectivity index (χ4v) is 1.72. The first-order chi connectivity index (χ1) is 10.5. The van der Waals surface area contributed by atoms with Crippen LogP contribution in [0.5, 0.6) is 5.75 Å². The number of anilines is 2. The van der Waals surface area contributed by atoms with Gasteiger partial charge in [-0.15, -0.1) is 0 Å². The number of hydrogen-bond acceptors (Lipinski definition) is 6. The lowest BCUT2D eigenvalue weighted by molar-refractivity contribution is -0.114. The minimum Gasteiger partial charge on any atom is -0.490 e. The number of ether oxygens (including phenoxy) is 2. The average molecular weight is 303 g/mol. The van der Waals surface area contributed by atoms with Crippen molar-refractivity contribution in [2.24, 2.45) is 0 Å². The first-order valence-corrected chi connectivity index (χ1v) is 6.51. The summed E-state index contributed by atoms with van der Waals surface area (Å²) in [5, 5.41) is 14.0. The van der Waals surface area contributed by atoms with Gasteiger partial charge in [0.05, 0.1) is 36.7 Å². The second-order valence-corrected chi connectivity index (χ2v) is 4.11. The SMILES string of the molecule is CCOc1c(NC=CC#N)cc(C(=O)OC)cc1NC(C)=O. The van der Waals surface area contributed by atoms with E-state index >= 15 is 0 Å². The summed E-state index contributed by atoms with van der Waals surface area (Å²) in [6.07, 6.45) is 2.63. The molecule has 1 amide bonds. The van der Waals surface area contributed by atoms with Gasteiger partial charge in [0.1, 0.15) is 0 Å². The summed E-state index contributed by atoms with van der Waals surface area (Å²) in [6.45, 7) is 3.50. The van der Waals surface area contributed by atoms with Gasteiger partial charge in [-0.3, -0.25) is 4.79 Å². The first-order valence-electron chi connectivity index (χ1n) is 6.51. The molecule has 1 aromatic carbocycles. The van der Waals surface area contributed by atoms with Crippen LogP contribution >= 0.6 is 0 Å². The Hall–Kier alpha value is -3.01. The lowest BCUT2D eigenvalue weighted by Gasteiger charge is -2.16. The van der Waals surface area contributed by atoms with Crippen molar-refractivity contribution in [3.63, 3.8) is 0 Å². The molecular weight excluding hydrogens is 286 g/mol. The summed E-state index contributed by atoms with van der Waals surface area (Å²) in [6, 6.07) is 4.83. The Morgan fingerprint density at radius 1 is 1.36 bits per heavy atom. The second-order valence-electron chi connectivity index (χ2n) is 4.11. The van der Waals surface area contributed by atoms with Gasteiger partial charge in [0.2, 0.25) is 5.91 Å². The predicted molar refractivity (Wildman–Crippen MR) is 81.6 cm³/mol. The van der Waals surface area contributed by atoms with E-state index in [1.165, 1.54) is 38.4 Å². The van der Waals surface area contributed by atoms with Gasteiger partial charge in [0, 0.05) is 19.2 Å². The third-order valence-electron chi connectivity index (χ3n) is 2.51. The van der Waals surface area contributed by atoms with E-state index in [1.807, 2.05) is 6.07 Å². The molecule has 7 heteroatoms. The quantitative estimate of drug-likeness (QED) is 0.617. The molecule has 0 bridgehead atoms. The Kier molecular flexibility index (Phi) is 6.44. The molecule has 7 nitrogen and oxygen atoms in total. The van der Waals surface area contributed by atoms with E-state index in [-0.39, 0.29) is 11.5 Å². The van der Waals surface area contributed by atoms with Crippen molar-refractivity contribution < 1.29 is 19.1 Å². The minimum atomic E-state index is -0.554. The monoisotopic (exact) mass is 303 g/mol. The Morgan fingerprint density at radius 3 is 2.59 bits per heavy atom. The van der Waals surface area contributed by atoms with Gasteiger partial charge in [-0.25, -0.2) is 4.79 Å². The van der Waals surface area contributed by atoms with E-state index in [1.54, 1.807) is 6.92 Å². The van der Waals surface area contributed by atoms with Crippen molar-refractivity contribution in [1.82, 2.24) is 0 Å². The fraction of sp³-hybridized carbons (Fsp3) is 0.267. The van der Waals surface area contributed by atoms with Crippen LogP contribution in [0.2, 0.25) is 0 Å². The van der Waals surface area contributed by atoms with E-state index < -0.39 is 5.97 Å². The smallest absolute Gasteiger partial charge is 0.338 e. The molecule has 0 aliphatic rings. The third kappa shape index (κ3) is 4.52. The number of nitrogens with one attached hydrogen (secondary N) is 2. The number of amides is 1. The highest BCUT2D eigenvalue weighted by Gasteiger charge is 2.16. The Morgan fingerprint density at radius 2 is 2.05 bits per heavy atom. The predicted octanol–water partition coefficient (Wildman–Crippen LogP) is 2.28. The number of carbonyl (C=O) groups is 2. The Bertz CT molecular complexity index is 632. The summed E-state index contributed by atoms with van der Waals surface area (Å²) >= 11 is 0. The molecule has 22 heavy (non-hydrogen) atoms. The van der Waals surface area contributed by atoms with Gasteiger partial charge < -0.3 is 20.1 Å². The number of rotatable bonds is 6. The van der Waals surface area contributed by atoms with Gasteiger partial charge in [-0.2, -0.15) is 5.26 Å². The zero-order chi connectivity index (χ0) is 16.5. The lowest BCUT2D eigenvalue weighted by Crippen LogP contribution is -2.11. The molecule has 116 valence electrons. The molecule has 0 spiro atoms. The maximum absolute atomic E-state index is 11.7. The molecule has 0 radical (unpaired) electrons. The number of hydrogen-bond donors (Lipinski definition) is 2. The van der Waals surface area contributed by atoms with Gasteiger partial charge >= 0.3 is 5.97 Å². The van der Waals surface area contributed by atoms with E-state index in [9.17, 15) is 9.59 Å². The topological polar surface area (TPSA) is 100 Å². The van der Waals surface area contributed by atoms with Crippen molar-refractivity contribution in [2.75, 3.05) is 24.4 Å². The van der Waals surface area contributed by atoms with Crippen LogP contribution in [0.1, 0.15) is 24.2 Å². The number of allylic oxidation sites excluding steroid dienone is 1. The van der Waals surface area contributed by atoms with Crippen LogP contribution in [-0.2, 0) is 9.53 Å². The van der Waals surface area contributed by atoms with Crippen LogP contribution in [0, 0.1) is 11.3 Å². The van der Waals surface area contributed by atoms with Crippen molar-refractivity contribution in [3.05, 3.63) is 30.0 Å². The summed E-state index contributed by atoms with van der Waals surface area (Å²) < 4.78 is 10.2. The molecular formula is C15H17N3O4. The van der Waals surface area contributed by atoms with E-state index in [4.69, 9.17) is 10.00 Å². The molecule has 0 fully saturated rings. The molecule has 0 saturated carbocycles. The molecule has 0 atom stereocenters. The van der Waals surface area contributed by atoms with E-state index in [0.29, 0.717) is 23.7 Å². The van der Waals surface area contributed by atoms with Crippen LogP contribution in [0.15, 0.2) is 24.4 Å². The Labute approximate surface area is 128 Å². The summed E-state index contributed by atoms with van der Waals surface area (Å²) in [7, 11) is 1.26. The van der Waals surface area contributed by atoms with Crippen molar-refractivity contribution in [1.29, 1.82) is 5.26 Å². The van der Waals surface area contributed by atoms with Crippen LogP contribution in [-0.4, -0.2) is 25.6 Å². The first kappa shape index (κ1) is 17.0. The van der Waals surface area contributed by atoms with Gasteiger partial charge in [-0.1, -0.05) is 0 Å². The minimum absolute atomic E-state index is 0.238. The number of carbonyl (C=O) groups excluding carboxylic acids is 2. The van der Waals surface area contributed by atoms with Crippen LogP contribution in [0.4, 0.5) is 11.4 Å². The van der Waals surface area contributed by atoms with Gasteiger partial charge in [-0.05, 0) is 19.1 Å². The van der Waals surface area contributed by atoms with Crippen molar-refractivity contribution in [3.8, 4) is 11.8 Å². The number of esters is 1. The standard InChI is InChI=1S/C15H17N3O4/c1-4-22-14-12(17-7-5-6-16)8-11(15(20)21-3)9-13(14)18-10(2)19/h5,7-9,17H,4H2,1-3H3,(H,18,19). The largest absolute Gasteiger partial charge is 0.490 e. The number of methoxy groups -OCH3 is 1. The highest BCUT2D eigenvalue weighted by atomic mass is 16.5. The summed E-state index contributed by atoms with van der Waals surface area (Å²) in [5.41, 5.74) is 1.01. The zero-order valence-electron chi connectivity index (χ0n) is 12.6.